The minimum atomic E-state index is -3.67. The fourth-order valence-electron chi connectivity index (χ4n) is 4.49. The van der Waals surface area contributed by atoms with Crippen LogP contribution in [-0.4, -0.2) is 66.6 Å². The quantitative estimate of drug-likeness (QED) is 0.553. The second kappa shape index (κ2) is 8.89. The summed E-state index contributed by atoms with van der Waals surface area (Å²) in [5.74, 6) is -0.837. The number of para-hydroxylation sites is 1. The van der Waals surface area contributed by atoms with Crippen molar-refractivity contribution in [3.05, 3.63) is 35.5 Å². The van der Waals surface area contributed by atoms with Gasteiger partial charge in [0.2, 0.25) is 5.91 Å². The molecule has 10 heteroatoms. The Kier molecular flexibility index (Phi) is 6.63. The van der Waals surface area contributed by atoms with Gasteiger partial charge in [-0.25, -0.2) is 0 Å². The van der Waals surface area contributed by atoms with E-state index in [2.05, 4.69) is 4.90 Å². The molecule has 2 atom stereocenters. The van der Waals surface area contributed by atoms with E-state index in [1.807, 2.05) is 24.3 Å². The molecular weight excluding hydrogens is 424 g/mol. The number of nitrogens with zero attached hydrogens (tertiary/aromatic N) is 2. The molecule has 2 aliphatic rings. The first-order valence-corrected chi connectivity index (χ1v) is 11.8. The van der Waals surface area contributed by atoms with Crippen molar-refractivity contribution < 1.29 is 32.1 Å². The van der Waals surface area contributed by atoms with Gasteiger partial charge in [0.15, 0.2) is 0 Å². The van der Waals surface area contributed by atoms with Gasteiger partial charge in [0.05, 0.1) is 30.8 Å². The van der Waals surface area contributed by atoms with Gasteiger partial charge in [-0.1, -0.05) is 18.2 Å². The van der Waals surface area contributed by atoms with E-state index in [4.69, 9.17) is 9.29 Å². The smallest absolute Gasteiger partial charge is 0.311 e. The topological polar surface area (TPSA) is 123 Å². The largest absolute Gasteiger partial charge is 0.469 e. The maximum atomic E-state index is 12.9. The number of aromatic nitrogens is 1. The Labute approximate surface area is 180 Å². The lowest BCUT2D eigenvalue weighted by molar-refractivity contribution is -0.148. The Morgan fingerprint density at radius 3 is 2.52 bits per heavy atom. The average molecular weight is 451 g/mol. The molecule has 31 heavy (non-hydrogen) atoms. The van der Waals surface area contributed by atoms with Crippen LogP contribution in [0, 0.1) is 5.92 Å². The molecule has 0 saturated heterocycles. The van der Waals surface area contributed by atoms with Crippen LogP contribution < -0.4 is 0 Å². The van der Waals surface area contributed by atoms with Crippen molar-refractivity contribution in [2.45, 2.75) is 32.2 Å². The number of ketones is 1. The molecule has 1 aromatic carbocycles. The SMILES string of the molecule is COC(=O)C1CC(=O)n2c3c(c4ccccc42)CCN(CCC(C)=O)C31.CS(=O)(=O)O. The molecule has 0 saturated carbocycles. The van der Waals surface area contributed by atoms with Crippen molar-refractivity contribution in [2.75, 3.05) is 26.5 Å². The Morgan fingerprint density at radius 1 is 1.26 bits per heavy atom. The second-order valence-corrected chi connectivity index (χ2v) is 9.33. The van der Waals surface area contributed by atoms with Crippen molar-refractivity contribution in [3.63, 3.8) is 0 Å². The predicted octanol–water partition coefficient (Wildman–Crippen LogP) is 1.86. The highest BCUT2D eigenvalue weighted by Gasteiger charge is 2.46. The van der Waals surface area contributed by atoms with Crippen molar-refractivity contribution in [3.8, 4) is 0 Å². The van der Waals surface area contributed by atoms with Crippen LogP contribution in [0.15, 0.2) is 24.3 Å². The Bertz CT molecular complexity index is 1130. The van der Waals surface area contributed by atoms with E-state index in [9.17, 15) is 22.8 Å². The van der Waals surface area contributed by atoms with Crippen molar-refractivity contribution in [2.24, 2.45) is 5.92 Å². The van der Waals surface area contributed by atoms with Crippen LogP contribution in [0.3, 0.4) is 0 Å². The number of rotatable bonds is 4. The van der Waals surface area contributed by atoms with Gasteiger partial charge in [-0.2, -0.15) is 8.42 Å². The average Bonchev–Trinajstić information content (AvgIpc) is 3.03. The minimum absolute atomic E-state index is 0.0671. The summed E-state index contributed by atoms with van der Waals surface area (Å²) in [4.78, 5) is 39.0. The fourth-order valence-corrected chi connectivity index (χ4v) is 4.49. The summed E-state index contributed by atoms with van der Waals surface area (Å²) in [6, 6.07) is 7.68. The lowest BCUT2D eigenvalue weighted by Crippen LogP contribution is -2.47. The monoisotopic (exact) mass is 450 g/mol. The molecule has 1 aromatic heterocycles. The highest BCUT2D eigenvalue weighted by molar-refractivity contribution is 7.85. The molecule has 9 nitrogen and oxygen atoms in total. The first kappa shape index (κ1) is 23.1. The molecule has 2 aliphatic heterocycles. The number of carbonyl (C=O) groups excluding carboxylic acids is 3. The number of benzene rings is 1. The van der Waals surface area contributed by atoms with Gasteiger partial charge >= 0.3 is 5.97 Å². The molecule has 1 N–H and O–H groups in total. The number of Topliss-reactive ketones (excluding diaryl/α,β-unsaturated/α-hetero) is 1. The molecule has 0 fully saturated rings. The third kappa shape index (κ3) is 4.86. The van der Waals surface area contributed by atoms with Crippen molar-refractivity contribution >= 4 is 38.7 Å². The molecule has 0 spiro atoms. The molecule has 168 valence electrons. The van der Waals surface area contributed by atoms with Gasteiger partial charge in [0.1, 0.15) is 5.78 Å². The van der Waals surface area contributed by atoms with Crippen LogP contribution in [0.2, 0.25) is 0 Å². The lowest BCUT2D eigenvalue weighted by atomic mass is 9.83. The molecule has 0 bridgehead atoms. The van der Waals surface area contributed by atoms with E-state index < -0.39 is 16.0 Å². The van der Waals surface area contributed by atoms with Gasteiger partial charge in [-0.3, -0.25) is 28.4 Å². The van der Waals surface area contributed by atoms with Crippen LogP contribution in [-0.2, 0) is 30.9 Å². The van der Waals surface area contributed by atoms with Gasteiger partial charge in [0.25, 0.3) is 10.1 Å². The zero-order valence-corrected chi connectivity index (χ0v) is 18.5. The standard InChI is InChI=1S/C20H22N2O4.CH4O3S/c1-12(23)7-9-21-10-8-14-13-5-3-4-6-16(13)22-17(24)11-15(20(25)26-2)18(21)19(14)22;1-5(2,3)4/h3-6,15,18H,7-11H2,1-2H3;1H3,(H,2,3,4). The molecule has 0 radical (unpaired) electrons. The number of hydrogen-bond acceptors (Lipinski definition) is 7. The number of ether oxygens (including phenoxy) is 1. The lowest BCUT2D eigenvalue weighted by Gasteiger charge is -2.42. The summed E-state index contributed by atoms with van der Waals surface area (Å²) in [5, 5.41) is 1.08. The van der Waals surface area contributed by atoms with Crippen LogP contribution in [0.25, 0.3) is 10.9 Å². The predicted molar refractivity (Wildman–Crippen MR) is 113 cm³/mol. The second-order valence-electron chi connectivity index (χ2n) is 7.86. The van der Waals surface area contributed by atoms with E-state index in [0.29, 0.717) is 19.2 Å². The Morgan fingerprint density at radius 2 is 1.90 bits per heavy atom. The van der Waals surface area contributed by atoms with Crippen LogP contribution in [0.1, 0.15) is 41.9 Å². The molecule has 4 rings (SSSR count). The fraction of sp³-hybridized carbons (Fsp3) is 0.476. The highest BCUT2D eigenvalue weighted by atomic mass is 32.2. The molecule has 0 amide bonds. The number of esters is 1. The third-order valence-electron chi connectivity index (χ3n) is 5.62. The van der Waals surface area contributed by atoms with E-state index in [-0.39, 0.29) is 30.1 Å². The zero-order valence-electron chi connectivity index (χ0n) is 17.7. The minimum Gasteiger partial charge on any atom is -0.469 e. The first-order valence-electron chi connectivity index (χ1n) is 9.92. The maximum absolute atomic E-state index is 12.9. The summed E-state index contributed by atoms with van der Waals surface area (Å²) >= 11 is 0. The van der Waals surface area contributed by atoms with Crippen molar-refractivity contribution in [1.82, 2.24) is 9.47 Å². The highest BCUT2D eigenvalue weighted by Crippen LogP contribution is 2.45. The number of carbonyl (C=O) groups is 3. The summed E-state index contributed by atoms with van der Waals surface area (Å²) in [6.45, 7) is 2.93. The number of hydrogen-bond donors (Lipinski definition) is 1. The normalized spacial score (nSPS) is 20.6. The van der Waals surface area contributed by atoms with Gasteiger partial charge in [-0.15, -0.1) is 0 Å². The summed E-state index contributed by atoms with van der Waals surface area (Å²) in [7, 11) is -2.30. The van der Waals surface area contributed by atoms with Gasteiger partial charge in [0, 0.05) is 37.0 Å². The summed E-state index contributed by atoms with van der Waals surface area (Å²) in [5.41, 5.74) is 2.96. The molecule has 2 aromatic rings. The molecular formula is C21H26N2O7S. The van der Waals surface area contributed by atoms with E-state index in [0.717, 1.165) is 35.1 Å². The summed E-state index contributed by atoms with van der Waals surface area (Å²) in [6.07, 6.45) is 2.08. The van der Waals surface area contributed by atoms with Crippen molar-refractivity contribution in [1.29, 1.82) is 0 Å². The number of fused-ring (bicyclic) bond motifs is 3. The molecule has 3 heterocycles. The van der Waals surface area contributed by atoms with E-state index in [1.54, 1.807) is 11.5 Å². The summed E-state index contributed by atoms with van der Waals surface area (Å²) < 4.78 is 32.7. The Hall–Kier alpha value is -2.56. The Balaban J connectivity index is 0.000000491. The van der Waals surface area contributed by atoms with Gasteiger partial charge < -0.3 is 4.74 Å². The van der Waals surface area contributed by atoms with E-state index >= 15 is 0 Å². The maximum Gasteiger partial charge on any atom is 0.311 e. The van der Waals surface area contributed by atoms with Gasteiger partial charge in [-0.05, 0) is 25.0 Å². The van der Waals surface area contributed by atoms with Crippen LogP contribution in [0.5, 0.6) is 0 Å². The van der Waals surface area contributed by atoms with Crippen LogP contribution in [0.4, 0.5) is 0 Å². The number of methoxy groups -OCH3 is 1. The van der Waals surface area contributed by atoms with E-state index in [1.165, 1.54) is 7.11 Å². The molecule has 0 aliphatic carbocycles. The third-order valence-corrected chi connectivity index (χ3v) is 5.62. The van der Waals surface area contributed by atoms with Crippen LogP contribution >= 0.6 is 0 Å². The first-order chi connectivity index (χ1) is 14.5. The molecule has 2 unspecified atom stereocenters. The zero-order chi connectivity index (χ0) is 22.9.